The maximum atomic E-state index is 11.9. The molecule has 22 heavy (non-hydrogen) atoms. The Kier molecular flexibility index (Phi) is 5.18. The highest BCUT2D eigenvalue weighted by Crippen LogP contribution is 2.10. The lowest BCUT2D eigenvalue weighted by Gasteiger charge is -2.12. The molecule has 1 unspecified atom stereocenters. The average molecular weight is 323 g/mol. The van der Waals surface area contributed by atoms with Crippen molar-refractivity contribution in [2.45, 2.75) is 31.9 Å². The number of hydrogen-bond acceptors (Lipinski definition) is 4. The molecular weight excluding hydrogens is 302 g/mol. The number of rotatable bonds is 7. The number of benzene rings is 1. The topological polar surface area (TPSA) is 91.9 Å². The van der Waals surface area contributed by atoms with E-state index in [1.165, 1.54) is 6.92 Å². The molecular formula is C15H21N3O3S. The number of hydrogen-bond donors (Lipinski definition) is 2. The Bertz CT molecular complexity index is 719. The molecule has 2 aromatic rings. The number of nitrogens with zero attached hydrogens (tertiary/aromatic N) is 1. The number of carbonyl (C=O) groups excluding carboxylic acids is 1. The highest BCUT2D eigenvalue weighted by atomic mass is 32.2. The van der Waals surface area contributed by atoms with Gasteiger partial charge >= 0.3 is 0 Å². The molecule has 1 heterocycles. The molecule has 0 radical (unpaired) electrons. The van der Waals surface area contributed by atoms with Crippen molar-refractivity contribution in [2.24, 2.45) is 0 Å². The molecule has 0 spiro atoms. The third kappa shape index (κ3) is 3.85. The van der Waals surface area contributed by atoms with Gasteiger partial charge in [-0.25, -0.2) is 13.4 Å². The second-order valence-electron chi connectivity index (χ2n) is 5.25. The third-order valence-corrected chi connectivity index (χ3v) is 5.76. The summed E-state index contributed by atoms with van der Waals surface area (Å²) < 4.78 is 23.7. The van der Waals surface area contributed by atoms with Crippen molar-refractivity contribution in [3.8, 4) is 0 Å². The summed E-state index contributed by atoms with van der Waals surface area (Å²) >= 11 is 0. The zero-order chi connectivity index (χ0) is 16.2. The lowest BCUT2D eigenvalue weighted by molar-refractivity contribution is -0.120. The van der Waals surface area contributed by atoms with Crippen LogP contribution >= 0.6 is 0 Å². The van der Waals surface area contributed by atoms with E-state index in [-0.39, 0.29) is 5.75 Å². The van der Waals surface area contributed by atoms with Crippen molar-refractivity contribution < 1.29 is 13.2 Å². The zero-order valence-corrected chi connectivity index (χ0v) is 13.6. The fourth-order valence-corrected chi connectivity index (χ4v) is 3.53. The van der Waals surface area contributed by atoms with Crippen molar-refractivity contribution >= 4 is 26.8 Å². The molecule has 1 atom stereocenters. The largest absolute Gasteiger partial charge is 0.355 e. The normalized spacial score (nSPS) is 13.2. The third-order valence-electron chi connectivity index (χ3n) is 3.50. The molecule has 0 saturated heterocycles. The molecule has 0 aliphatic carbocycles. The highest BCUT2D eigenvalue weighted by molar-refractivity contribution is 7.92. The predicted molar refractivity (Wildman–Crippen MR) is 86.3 cm³/mol. The molecule has 1 amide bonds. The maximum Gasteiger partial charge on any atom is 0.238 e. The molecule has 0 aliphatic rings. The van der Waals surface area contributed by atoms with Gasteiger partial charge in [0.25, 0.3) is 0 Å². The van der Waals surface area contributed by atoms with Crippen molar-refractivity contribution in [3.05, 3.63) is 30.1 Å². The summed E-state index contributed by atoms with van der Waals surface area (Å²) in [4.78, 5) is 19.5. The van der Waals surface area contributed by atoms with Crippen LogP contribution in [0.4, 0.5) is 0 Å². The monoisotopic (exact) mass is 323 g/mol. The van der Waals surface area contributed by atoms with Gasteiger partial charge in [0.2, 0.25) is 5.91 Å². The van der Waals surface area contributed by atoms with Gasteiger partial charge in [0.1, 0.15) is 11.1 Å². The second kappa shape index (κ2) is 6.91. The van der Waals surface area contributed by atoms with Gasteiger partial charge in [-0.05, 0) is 25.5 Å². The van der Waals surface area contributed by atoms with Crippen molar-refractivity contribution in [3.63, 3.8) is 0 Å². The predicted octanol–water partition coefficient (Wildman–Crippen LogP) is 1.43. The molecule has 2 rings (SSSR count). The number of aromatic amines is 1. The van der Waals surface area contributed by atoms with Crippen molar-refractivity contribution in [1.29, 1.82) is 0 Å². The van der Waals surface area contributed by atoms with Crippen LogP contribution in [0.15, 0.2) is 24.3 Å². The van der Waals surface area contributed by atoms with Gasteiger partial charge in [-0.3, -0.25) is 4.79 Å². The second-order valence-corrected chi connectivity index (χ2v) is 7.69. The van der Waals surface area contributed by atoms with Gasteiger partial charge in [-0.2, -0.15) is 0 Å². The van der Waals surface area contributed by atoms with Crippen LogP contribution in [0.5, 0.6) is 0 Å². The van der Waals surface area contributed by atoms with Crippen LogP contribution in [-0.2, 0) is 21.1 Å². The summed E-state index contributed by atoms with van der Waals surface area (Å²) in [5.74, 6) is 0.348. The number of fused-ring (bicyclic) bond motifs is 1. The van der Waals surface area contributed by atoms with E-state index >= 15 is 0 Å². The molecule has 0 aliphatic heterocycles. The Morgan fingerprint density at radius 2 is 2.09 bits per heavy atom. The van der Waals surface area contributed by atoms with E-state index in [0.29, 0.717) is 19.4 Å². The summed E-state index contributed by atoms with van der Waals surface area (Å²) in [5.41, 5.74) is 1.82. The molecule has 1 aromatic heterocycles. The molecule has 120 valence electrons. The zero-order valence-electron chi connectivity index (χ0n) is 12.8. The van der Waals surface area contributed by atoms with E-state index in [4.69, 9.17) is 0 Å². The Hall–Kier alpha value is -1.89. The van der Waals surface area contributed by atoms with Gasteiger partial charge in [-0.1, -0.05) is 19.1 Å². The fourth-order valence-electron chi connectivity index (χ4n) is 2.20. The number of carbonyl (C=O) groups is 1. The number of amides is 1. The number of sulfone groups is 1. The van der Waals surface area contributed by atoms with Crippen molar-refractivity contribution in [2.75, 3.05) is 12.3 Å². The fraction of sp³-hybridized carbons (Fsp3) is 0.467. The summed E-state index contributed by atoms with van der Waals surface area (Å²) in [6, 6.07) is 7.68. The van der Waals surface area contributed by atoms with Gasteiger partial charge < -0.3 is 10.3 Å². The molecule has 0 saturated carbocycles. The Morgan fingerprint density at radius 3 is 2.77 bits per heavy atom. The molecule has 0 fully saturated rings. The summed E-state index contributed by atoms with van der Waals surface area (Å²) in [5, 5.41) is 1.65. The van der Waals surface area contributed by atoms with Gasteiger partial charge in [0.05, 0.1) is 16.8 Å². The lowest BCUT2D eigenvalue weighted by atomic mass is 10.3. The first kappa shape index (κ1) is 16.5. The minimum atomic E-state index is -3.36. The first-order chi connectivity index (χ1) is 10.4. The molecule has 7 heteroatoms. The van der Waals surface area contributed by atoms with Crippen LogP contribution in [0.1, 0.15) is 26.1 Å². The van der Waals surface area contributed by atoms with E-state index in [1.54, 1.807) is 6.92 Å². The number of nitrogens with one attached hydrogen (secondary N) is 2. The molecule has 2 N–H and O–H groups in total. The SMILES string of the molecule is CCCS(=O)(=O)C(C)C(=O)NCCc1nc2ccccc2[nH]1. The van der Waals surface area contributed by atoms with Crippen LogP contribution in [0, 0.1) is 0 Å². The molecule has 1 aromatic carbocycles. The highest BCUT2D eigenvalue weighted by Gasteiger charge is 2.26. The van der Waals surface area contributed by atoms with Crippen LogP contribution in [0.3, 0.4) is 0 Å². The van der Waals surface area contributed by atoms with Crippen LogP contribution in [-0.4, -0.2) is 41.8 Å². The number of aromatic nitrogens is 2. The molecule has 6 nitrogen and oxygen atoms in total. The standard InChI is InChI=1S/C15H21N3O3S/c1-3-10-22(20,21)11(2)15(19)16-9-8-14-17-12-6-4-5-7-13(12)18-14/h4-7,11H,3,8-10H2,1-2H3,(H,16,19)(H,17,18). The lowest BCUT2D eigenvalue weighted by Crippen LogP contribution is -2.39. The smallest absolute Gasteiger partial charge is 0.238 e. The van der Waals surface area contributed by atoms with Gasteiger partial charge in [-0.15, -0.1) is 0 Å². The first-order valence-corrected chi connectivity index (χ1v) is 9.08. The Labute approximate surface area is 130 Å². The summed E-state index contributed by atoms with van der Waals surface area (Å²) in [7, 11) is -3.36. The minimum absolute atomic E-state index is 0.0329. The van der Waals surface area contributed by atoms with E-state index in [1.807, 2.05) is 24.3 Å². The number of para-hydroxylation sites is 2. The van der Waals surface area contributed by atoms with E-state index < -0.39 is 21.0 Å². The summed E-state index contributed by atoms with van der Waals surface area (Å²) in [6.45, 7) is 3.57. The number of imidazole rings is 1. The Morgan fingerprint density at radius 1 is 1.36 bits per heavy atom. The van der Waals surface area contributed by atoms with E-state index in [0.717, 1.165) is 16.9 Å². The Balaban J connectivity index is 1.89. The average Bonchev–Trinajstić information content (AvgIpc) is 2.88. The quantitative estimate of drug-likeness (QED) is 0.806. The van der Waals surface area contributed by atoms with Crippen LogP contribution < -0.4 is 5.32 Å². The van der Waals surface area contributed by atoms with Crippen LogP contribution in [0.25, 0.3) is 11.0 Å². The minimum Gasteiger partial charge on any atom is -0.355 e. The van der Waals surface area contributed by atoms with Crippen molar-refractivity contribution in [1.82, 2.24) is 15.3 Å². The van der Waals surface area contributed by atoms with E-state index in [2.05, 4.69) is 15.3 Å². The summed E-state index contributed by atoms with van der Waals surface area (Å²) in [6.07, 6.45) is 1.04. The van der Waals surface area contributed by atoms with E-state index in [9.17, 15) is 13.2 Å². The molecule has 0 bridgehead atoms. The van der Waals surface area contributed by atoms with Gasteiger partial charge in [0.15, 0.2) is 9.84 Å². The number of H-pyrrole nitrogens is 1. The van der Waals surface area contributed by atoms with Crippen LogP contribution in [0.2, 0.25) is 0 Å². The van der Waals surface area contributed by atoms with Gasteiger partial charge in [0, 0.05) is 13.0 Å². The maximum absolute atomic E-state index is 11.9. The first-order valence-electron chi connectivity index (χ1n) is 7.37.